The van der Waals surface area contributed by atoms with Crippen LogP contribution in [0.15, 0.2) is 0 Å². The minimum absolute atomic E-state index is 0.0171. The summed E-state index contributed by atoms with van der Waals surface area (Å²) in [4.78, 5) is 43.9. The zero-order valence-electron chi connectivity index (χ0n) is 11.9. The van der Waals surface area contributed by atoms with E-state index in [1.165, 1.54) is 6.92 Å². The van der Waals surface area contributed by atoms with E-state index in [-0.39, 0.29) is 6.42 Å². The highest BCUT2D eigenvalue weighted by atomic mass is 31.1. The molecule has 2 unspecified atom stereocenters. The molecule has 0 spiro atoms. The van der Waals surface area contributed by atoms with Crippen molar-refractivity contribution in [1.82, 2.24) is 5.32 Å². The lowest BCUT2D eigenvalue weighted by atomic mass is 9.85. The molecule has 10 heteroatoms. The molecule has 0 fully saturated rings. The molecule has 0 aliphatic heterocycles. The molecule has 0 saturated heterocycles. The Morgan fingerprint density at radius 3 is 2.24 bits per heavy atom. The number of Topliss-reactive ketones (excluding diaryl/α,β-unsaturated/α-hetero) is 1. The molecular weight excluding hydrogens is 301 g/mol. The van der Waals surface area contributed by atoms with Crippen molar-refractivity contribution in [3.05, 3.63) is 0 Å². The topological polar surface area (TPSA) is 173 Å². The summed E-state index contributed by atoms with van der Waals surface area (Å²) < 4.78 is 10.7. The Morgan fingerprint density at radius 2 is 1.90 bits per heavy atom. The lowest BCUT2D eigenvalue weighted by Gasteiger charge is -2.28. The second kappa shape index (κ2) is 8.14. The number of nitrogens with two attached hydrogens (primary N) is 2. The Labute approximate surface area is 122 Å². The van der Waals surface area contributed by atoms with Crippen LogP contribution in [0.3, 0.4) is 0 Å². The number of carboxylic acids is 1. The van der Waals surface area contributed by atoms with Crippen LogP contribution in [-0.2, 0) is 18.9 Å². The first-order valence-corrected chi connectivity index (χ1v) is 7.72. The van der Waals surface area contributed by atoms with Crippen molar-refractivity contribution in [1.29, 1.82) is 0 Å². The molecule has 7 N–H and O–H groups in total. The standard InChI is InChI=1S/C11H20N3O6P/c1-3-4-11(13,8(15)6(2)12)10(18)14-7(9(16)17)5-21(19)20/h6-7H,3-5,12-13H2,1-2H3,(H2-,14,16,17,18,19,20)/p+1/t6-,7?,11+/m0/s1. The zero-order chi connectivity index (χ0) is 16.8. The maximum Gasteiger partial charge on any atom is 0.508 e. The normalized spacial score (nSPS) is 17.3. The predicted octanol–water partition coefficient (Wildman–Crippen LogP) is -1.30. The van der Waals surface area contributed by atoms with Gasteiger partial charge in [0, 0.05) is 0 Å². The van der Waals surface area contributed by atoms with Crippen molar-refractivity contribution < 1.29 is 28.9 Å². The van der Waals surface area contributed by atoms with Gasteiger partial charge in [-0.15, -0.1) is 0 Å². The minimum atomic E-state index is -2.77. The molecule has 0 aromatic carbocycles. The lowest BCUT2D eigenvalue weighted by molar-refractivity contribution is -0.144. The third kappa shape index (κ3) is 5.47. The average molecular weight is 322 g/mol. The number of hydrogen-bond donors (Lipinski definition) is 5. The van der Waals surface area contributed by atoms with Gasteiger partial charge in [-0.25, -0.2) is 4.79 Å². The Bertz CT molecular complexity index is 442. The quantitative estimate of drug-likeness (QED) is 0.257. The van der Waals surface area contributed by atoms with Crippen molar-refractivity contribution in [3.63, 3.8) is 0 Å². The average Bonchev–Trinajstić information content (AvgIpc) is 2.36. The van der Waals surface area contributed by atoms with Crippen LogP contribution in [0, 0.1) is 0 Å². The molecular formula is C11H21N3O6P+. The van der Waals surface area contributed by atoms with Gasteiger partial charge in [0.2, 0.25) is 12.1 Å². The van der Waals surface area contributed by atoms with Crippen LogP contribution in [0.1, 0.15) is 26.7 Å². The van der Waals surface area contributed by atoms with Gasteiger partial charge in [0.1, 0.15) is 0 Å². The van der Waals surface area contributed by atoms with Crippen molar-refractivity contribution in [2.75, 3.05) is 6.16 Å². The lowest BCUT2D eigenvalue weighted by Crippen LogP contribution is -2.65. The third-order valence-electron chi connectivity index (χ3n) is 2.84. The van der Waals surface area contributed by atoms with Gasteiger partial charge in [0.05, 0.1) is 6.04 Å². The second-order valence-corrected chi connectivity index (χ2v) is 5.84. The number of hydrogen-bond acceptors (Lipinski definition) is 6. The van der Waals surface area contributed by atoms with E-state index < -0.39 is 49.5 Å². The molecule has 0 aromatic heterocycles. The fourth-order valence-corrected chi connectivity index (χ4v) is 2.34. The summed E-state index contributed by atoms with van der Waals surface area (Å²) in [6.07, 6.45) is -0.295. The van der Waals surface area contributed by atoms with E-state index >= 15 is 0 Å². The highest BCUT2D eigenvalue weighted by Gasteiger charge is 2.44. The fraction of sp³-hybridized carbons (Fsp3) is 0.727. The largest absolute Gasteiger partial charge is 0.508 e. The van der Waals surface area contributed by atoms with Gasteiger partial charge >= 0.3 is 14.0 Å². The van der Waals surface area contributed by atoms with Gasteiger partial charge in [-0.3, -0.25) is 9.59 Å². The van der Waals surface area contributed by atoms with Crippen LogP contribution in [0.4, 0.5) is 0 Å². The highest BCUT2D eigenvalue weighted by molar-refractivity contribution is 7.38. The maximum atomic E-state index is 12.1. The van der Waals surface area contributed by atoms with E-state index in [0.29, 0.717) is 6.42 Å². The minimum Gasteiger partial charge on any atom is -0.480 e. The van der Waals surface area contributed by atoms with Gasteiger partial charge < -0.3 is 21.9 Å². The Morgan fingerprint density at radius 1 is 1.38 bits per heavy atom. The summed E-state index contributed by atoms with van der Waals surface area (Å²) in [6, 6.07) is -2.60. The molecule has 0 aromatic rings. The summed E-state index contributed by atoms with van der Waals surface area (Å²) in [5, 5.41) is 10.9. The Hall–Kier alpha value is -1.41. The summed E-state index contributed by atoms with van der Waals surface area (Å²) in [7, 11) is -2.77. The summed E-state index contributed by atoms with van der Waals surface area (Å²) >= 11 is 0. The summed E-state index contributed by atoms with van der Waals surface area (Å²) in [5.41, 5.74) is 9.29. The molecule has 0 radical (unpaired) electrons. The monoisotopic (exact) mass is 322 g/mol. The molecule has 0 rings (SSSR count). The van der Waals surface area contributed by atoms with Gasteiger partial charge in [-0.2, -0.15) is 4.89 Å². The van der Waals surface area contributed by atoms with E-state index in [2.05, 4.69) is 0 Å². The van der Waals surface area contributed by atoms with Crippen molar-refractivity contribution >= 4 is 25.7 Å². The molecule has 9 nitrogen and oxygen atoms in total. The number of ketones is 1. The Balaban J connectivity index is 5.25. The van der Waals surface area contributed by atoms with E-state index in [1.807, 2.05) is 5.32 Å². The summed E-state index contributed by atoms with van der Waals surface area (Å²) in [6.45, 7) is 3.06. The smallest absolute Gasteiger partial charge is 0.480 e. The zero-order valence-corrected chi connectivity index (χ0v) is 12.8. The van der Waals surface area contributed by atoms with Crippen LogP contribution >= 0.6 is 8.03 Å². The van der Waals surface area contributed by atoms with Crippen molar-refractivity contribution in [2.45, 2.75) is 44.3 Å². The molecule has 0 aliphatic rings. The Kier molecular flexibility index (Phi) is 7.59. The second-order valence-electron chi connectivity index (χ2n) is 4.77. The van der Waals surface area contributed by atoms with Crippen LogP contribution in [0.2, 0.25) is 0 Å². The van der Waals surface area contributed by atoms with E-state index in [9.17, 15) is 18.9 Å². The number of nitrogens with one attached hydrogen (secondary N) is 1. The molecule has 1 amide bonds. The van der Waals surface area contributed by atoms with Crippen molar-refractivity contribution in [2.24, 2.45) is 11.5 Å². The predicted molar refractivity (Wildman–Crippen MR) is 74.7 cm³/mol. The van der Waals surface area contributed by atoms with Gasteiger partial charge in [0.15, 0.2) is 17.4 Å². The molecule has 0 heterocycles. The van der Waals surface area contributed by atoms with E-state index in [4.69, 9.17) is 21.5 Å². The van der Waals surface area contributed by atoms with E-state index in [0.717, 1.165) is 0 Å². The van der Waals surface area contributed by atoms with Crippen LogP contribution in [0.5, 0.6) is 0 Å². The van der Waals surface area contributed by atoms with Gasteiger partial charge in [-0.1, -0.05) is 13.3 Å². The molecule has 0 aliphatic carbocycles. The molecule has 120 valence electrons. The first kappa shape index (κ1) is 19.6. The number of amides is 1. The van der Waals surface area contributed by atoms with Crippen LogP contribution in [0.25, 0.3) is 0 Å². The molecule has 0 bridgehead atoms. The third-order valence-corrected chi connectivity index (χ3v) is 3.52. The maximum absolute atomic E-state index is 12.1. The number of carbonyl (C=O) groups excluding carboxylic acids is 2. The number of carbonyl (C=O) groups is 3. The summed E-state index contributed by atoms with van der Waals surface area (Å²) in [5.74, 6) is -3.23. The molecule has 4 atom stereocenters. The van der Waals surface area contributed by atoms with Gasteiger partial charge in [0.25, 0.3) is 0 Å². The fourth-order valence-electron chi connectivity index (χ4n) is 1.78. The number of aliphatic carboxylic acids is 1. The number of carboxylic acid groups (broad SMARTS) is 1. The highest BCUT2D eigenvalue weighted by Crippen LogP contribution is 2.17. The van der Waals surface area contributed by atoms with Crippen molar-refractivity contribution in [3.8, 4) is 0 Å². The van der Waals surface area contributed by atoms with Crippen LogP contribution < -0.4 is 16.8 Å². The SMILES string of the molecule is CCC[C@](N)(C(=O)NC(C[P+](=O)O)C(=O)O)C(=O)[C@H](C)N. The first-order valence-electron chi connectivity index (χ1n) is 6.32. The van der Waals surface area contributed by atoms with Gasteiger partial charge in [-0.05, 0) is 17.9 Å². The molecule has 0 saturated carbocycles. The number of rotatable bonds is 9. The van der Waals surface area contributed by atoms with E-state index in [1.54, 1.807) is 6.92 Å². The van der Waals surface area contributed by atoms with Crippen LogP contribution in [-0.4, -0.2) is 51.4 Å². The first-order chi connectivity index (χ1) is 9.56. The molecule has 21 heavy (non-hydrogen) atoms.